The van der Waals surface area contributed by atoms with Gasteiger partial charge in [-0.1, -0.05) is 26.7 Å². The Morgan fingerprint density at radius 3 is 3.06 bits per heavy atom. The van der Waals surface area contributed by atoms with E-state index in [0.717, 1.165) is 18.9 Å². The first kappa shape index (κ1) is 12.6. The SMILES string of the molecule is CCCn1nccc1C(N)C1CCCC(C)C1. The Kier molecular flexibility index (Phi) is 4.21. The minimum Gasteiger partial charge on any atom is -0.322 e. The Morgan fingerprint density at radius 2 is 2.35 bits per heavy atom. The van der Waals surface area contributed by atoms with Crippen LogP contribution in [-0.2, 0) is 6.54 Å². The molecule has 0 aliphatic heterocycles. The van der Waals surface area contributed by atoms with Crippen molar-refractivity contribution in [2.24, 2.45) is 17.6 Å². The fourth-order valence-corrected chi connectivity index (χ4v) is 3.07. The highest BCUT2D eigenvalue weighted by molar-refractivity contribution is 5.08. The maximum atomic E-state index is 6.45. The van der Waals surface area contributed by atoms with Gasteiger partial charge in [0, 0.05) is 18.8 Å². The minimum atomic E-state index is 0.173. The molecule has 3 atom stereocenters. The predicted molar refractivity (Wildman–Crippen MR) is 70.6 cm³/mol. The second-order valence-electron chi connectivity index (χ2n) is 5.54. The van der Waals surface area contributed by atoms with Crippen molar-refractivity contribution in [2.75, 3.05) is 0 Å². The maximum absolute atomic E-state index is 6.45. The Bertz CT molecular complexity index is 345. The molecule has 0 amide bonds. The number of nitrogens with zero attached hydrogens (tertiary/aromatic N) is 2. The van der Waals surface area contributed by atoms with Gasteiger partial charge in [0.2, 0.25) is 0 Å². The second kappa shape index (κ2) is 5.67. The van der Waals surface area contributed by atoms with Crippen LogP contribution in [0.3, 0.4) is 0 Å². The van der Waals surface area contributed by atoms with Gasteiger partial charge < -0.3 is 5.73 Å². The molecule has 2 N–H and O–H groups in total. The molecule has 3 nitrogen and oxygen atoms in total. The molecule has 1 aliphatic rings. The molecule has 1 aliphatic carbocycles. The monoisotopic (exact) mass is 235 g/mol. The maximum Gasteiger partial charge on any atom is 0.0554 e. The molecule has 3 heteroatoms. The van der Waals surface area contributed by atoms with E-state index < -0.39 is 0 Å². The van der Waals surface area contributed by atoms with Gasteiger partial charge in [0.05, 0.1) is 5.69 Å². The summed E-state index contributed by atoms with van der Waals surface area (Å²) in [6.07, 6.45) is 8.26. The Morgan fingerprint density at radius 1 is 1.53 bits per heavy atom. The highest BCUT2D eigenvalue weighted by Crippen LogP contribution is 2.35. The van der Waals surface area contributed by atoms with Crippen LogP contribution in [0.25, 0.3) is 0 Å². The zero-order valence-corrected chi connectivity index (χ0v) is 11.1. The highest BCUT2D eigenvalue weighted by atomic mass is 15.3. The van der Waals surface area contributed by atoms with Crippen LogP contribution in [-0.4, -0.2) is 9.78 Å². The summed E-state index contributed by atoms with van der Waals surface area (Å²) in [5, 5.41) is 4.38. The zero-order valence-electron chi connectivity index (χ0n) is 11.1. The van der Waals surface area contributed by atoms with Crippen LogP contribution in [0.5, 0.6) is 0 Å². The van der Waals surface area contributed by atoms with Crippen LogP contribution in [0.4, 0.5) is 0 Å². The fourth-order valence-electron chi connectivity index (χ4n) is 3.07. The summed E-state index contributed by atoms with van der Waals surface area (Å²) in [5.74, 6) is 1.48. The van der Waals surface area contributed by atoms with Crippen LogP contribution < -0.4 is 5.73 Å². The van der Waals surface area contributed by atoms with E-state index >= 15 is 0 Å². The van der Waals surface area contributed by atoms with E-state index in [1.165, 1.54) is 31.4 Å². The lowest BCUT2D eigenvalue weighted by molar-refractivity contribution is 0.241. The smallest absolute Gasteiger partial charge is 0.0554 e. The predicted octanol–water partition coefficient (Wildman–Crippen LogP) is 3.12. The molecule has 1 saturated carbocycles. The Labute approximate surface area is 104 Å². The third-order valence-corrected chi connectivity index (χ3v) is 4.01. The zero-order chi connectivity index (χ0) is 12.3. The van der Waals surface area contributed by atoms with E-state index in [1.54, 1.807) is 0 Å². The molecule has 1 aromatic rings. The Hall–Kier alpha value is -0.830. The third kappa shape index (κ3) is 2.89. The van der Waals surface area contributed by atoms with Crippen LogP contribution in [0.15, 0.2) is 12.3 Å². The van der Waals surface area contributed by atoms with E-state index in [2.05, 4.69) is 29.7 Å². The van der Waals surface area contributed by atoms with Crippen molar-refractivity contribution in [3.63, 3.8) is 0 Å². The molecule has 96 valence electrons. The first-order valence-electron chi connectivity index (χ1n) is 6.99. The molecule has 17 heavy (non-hydrogen) atoms. The Balaban J connectivity index is 2.07. The summed E-state index contributed by atoms with van der Waals surface area (Å²) in [4.78, 5) is 0. The number of aromatic nitrogens is 2. The number of rotatable bonds is 4. The molecule has 3 unspecified atom stereocenters. The van der Waals surface area contributed by atoms with E-state index in [9.17, 15) is 0 Å². The largest absolute Gasteiger partial charge is 0.322 e. The minimum absolute atomic E-state index is 0.173. The number of hydrogen-bond acceptors (Lipinski definition) is 2. The van der Waals surface area contributed by atoms with Crippen molar-refractivity contribution in [3.05, 3.63) is 18.0 Å². The average Bonchev–Trinajstić information content (AvgIpc) is 2.77. The van der Waals surface area contributed by atoms with Crippen molar-refractivity contribution in [2.45, 2.75) is 58.5 Å². The van der Waals surface area contributed by atoms with Gasteiger partial charge in [-0.25, -0.2) is 0 Å². The van der Waals surface area contributed by atoms with Crippen molar-refractivity contribution in [3.8, 4) is 0 Å². The van der Waals surface area contributed by atoms with Crippen LogP contribution in [0.1, 0.15) is 57.7 Å². The summed E-state index contributed by atoms with van der Waals surface area (Å²) in [7, 11) is 0. The molecule has 0 radical (unpaired) electrons. The molecule has 1 aromatic heterocycles. The molecule has 0 bridgehead atoms. The van der Waals surface area contributed by atoms with Crippen molar-refractivity contribution in [1.29, 1.82) is 0 Å². The van der Waals surface area contributed by atoms with Crippen LogP contribution in [0.2, 0.25) is 0 Å². The first-order valence-corrected chi connectivity index (χ1v) is 6.99. The highest BCUT2D eigenvalue weighted by Gasteiger charge is 2.26. The summed E-state index contributed by atoms with van der Waals surface area (Å²) < 4.78 is 2.09. The quantitative estimate of drug-likeness (QED) is 0.871. The van der Waals surface area contributed by atoms with Crippen molar-refractivity contribution < 1.29 is 0 Å². The van der Waals surface area contributed by atoms with Crippen molar-refractivity contribution in [1.82, 2.24) is 9.78 Å². The normalized spacial score (nSPS) is 27.0. The van der Waals surface area contributed by atoms with Gasteiger partial charge in [0.15, 0.2) is 0 Å². The van der Waals surface area contributed by atoms with Crippen LogP contribution in [0, 0.1) is 11.8 Å². The van der Waals surface area contributed by atoms with Gasteiger partial charge in [0.1, 0.15) is 0 Å². The molecule has 0 saturated heterocycles. The second-order valence-corrected chi connectivity index (χ2v) is 5.54. The lowest BCUT2D eigenvalue weighted by Crippen LogP contribution is -2.28. The fraction of sp³-hybridized carbons (Fsp3) is 0.786. The molecule has 1 heterocycles. The molecule has 0 spiro atoms. The van der Waals surface area contributed by atoms with Crippen LogP contribution >= 0.6 is 0 Å². The molecule has 0 aromatic carbocycles. The van der Waals surface area contributed by atoms with Gasteiger partial charge in [-0.3, -0.25) is 4.68 Å². The third-order valence-electron chi connectivity index (χ3n) is 4.01. The van der Waals surface area contributed by atoms with Gasteiger partial charge in [0.25, 0.3) is 0 Å². The lowest BCUT2D eigenvalue weighted by atomic mass is 9.78. The van der Waals surface area contributed by atoms with E-state index in [1.807, 2.05) is 6.20 Å². The standard InChI is InChI=1S/C14H25N3/c1-3-9-17-13(7-8-16-17)14(15)12-6-4-5-11(2)10-12/h7-8,11-12,14H,3-6,9-10,15H2,1-2H3. The lowest BCUT2D eigenvalue weighted by Gasteiger charge is -2.31. The van der Waals surface area contributed by atoms with E-state index in [0.29, 0.717) is 5.92 Å². The number of hydrogen-bond donors (Lipinski definition) is 1. The molecular weight excluding hydrogens is 210 g/mol. The first-order chi connectivity index (χ1) is 8.22. The van der Waals surface area contributed by atoms with E-state index in [4.69, 9.17) is 5.73 Å². The van der Waals surface area contributed by atoms with Gasteiger partial charge in [-0.05, 0) is 37.2 Å². The summed E-state index contributed by atoms with van der Waals surface area (Å²) >= 11 is 0. The summed E-state index contributed by atoms with van der Waals surface area (Å²) in [6, 6.07) is 2.27. The van der Waals surface area contributed by atoms with E-state index in [-0.39, 0.29) is 6.04 Å². The molecular formula is C14H25N3. The summed E-state index contributed by atoms with van der Waals surface area (Å²) in [5.41, 5.74) is 7.67. The number of aryl methyl sites for hydroxylation is 1. The molecule has 1 fully saturated rings. The van der Waals surface area contributed by atoms with Gasteiger partial charge in [-0.2, -0.15) is 5.10 Å². The summed E-state index contributed by atoms with van der Waals surface area (Å²) in [6.45, 7) is 5.51. The van der Waals surface area contributed by atoms with Gasteiger partial charge >= 0.3 is 0 Å². The molecule has 2 rings (SSSR count). The average molecular weight is 235 g/mol. The van der Waals surface area contributed by atoms with Crippen molar-refractivity contribution >= 4 is 0 Å². The topological polar surface area (TPSA) is 43.8 Å². The number of nitrogens with two attached hydrogens (primary N) is 1. The van der Waals surface area contributed by atoms with Gasteiger partial charge in [-0.15, -0.1) is 0 Å².